The van der Waals surface area contributed by atoms with E-state index in [-0.39, 0.29) is 16.7 Å². The number of carbonyl (C=O) groups excluding carboxylic acids is 3. The molecular formula is C12H17NO5S. The maximum Gasteiger partial charge on any atom is 0.354 e. The average Bonchev–Trinajstić information content (AvgIpc) is 2.33. The van der Waals surface area contributed by atoms with E-state index in [2.05, 4.69) is 4.74 Å². The van der Waals surface area contributed by atoms with Crippen molar-refractivity contribution in [2.24, 2.45) is 0 Å². The number of hydrogen-bond acceptors (Lipinski definition) is 6. The Kier molecular flexibility index (Phi) is 5.13. The van der Waals surface area contributed by atoms with Gasteiger partial charge in [0, 0.05) is 14.0 Å². The molecule has 0 aliphatic carbocycles. The first-order chi connectivity index (χ1) is 8.84. The highest BCUT2D eigenvalue weighted by Crippen LogP contribution is 2.36. The van der Waals surface area contributed by atoms with Crippen molar-refractivity contribution in [3.8, 4) is 0 Å². The molecule has 1 aliphatic heterocycles. The Hall–Kier alpha value is -1.34. The van der Waals surface area contributed by atoms with Gasteiger partial charge in [0.1, 0.15) is 11.1 Å². The van der Waals surface area contributed by atoms with Crippen molar-refractivity contribution in [3.63, 3.8) is 0 Å². The highest BCUT2D eigenvalue weighted by Gasteiger charge is 2.52. The topological polar surface area (TPSA) is 72.9 Å². The Labute approximate surface area is 116 Å². The van der Waals surface area contributed by atoms with Gasteiger partial charge >= 0.3 is 5.97 Å². The maximum atomic E-state index is 12.0. The Morgan fingerprint density at radius 1 is 1.21 bits per heavy atom. The van der Waals surface area contributed by atoms with Crippen molar-refractivity contribution in [3.05, 3.63) is 11.3 Å². The fourth-order valence-corrected chi connectivity index (χ4v) is 2.82. The second-order valence-corrected chi connectivity index (χ2v) is 5.50. The summed E-state index contributed by atoms with van der Waals surface area (Å²) in [6, 6.07) is 0. The molecule has 0 spiro atoms. The molecule has 7 heteroatoms. The third-order valence-electron chi connectivity index (χ3n) is 2.63. The van der Waals surface area contributed by atoms with E-state index in [0.29, 0.717) is 5.57 Å². The van der Waals surface area contributed by atoms with E-state index in [0.717, 1.165) is 11.8 Å². The number of nitrogens with zero attached hydrogens (tertiary/aromatic N) is 1. The lowest BCUT2D eigenvalue weighted by Crippen LogP contribution is -2.64. The molecule has 0 N–H and O–H groups in total. The lowest BCUT2D eigenvalue weighted by atomic mass is 10.1. The predicted octanol–water partition coefficient (Wildman–Crippen LogP) is 0.916. The Morgan fingerprint density at radius 2 is 1.79 bits per heavy atom. The van der Waals surface area contributed by atoms with Crippen molar-refractivity contribution >= 4 is 28.8 Å². The van der Waals surface area contributed by atoms with Crippen LogP contribution in [0, 0.1) is 0 Å². The van der Waals surface area contributed by atoms with Gasteiger partial charge in [-0.15, -0.1) is 0 Å². The normalized spacial score (nSPS) is 21.7. The molecule has 0 aromatic rings. The van der Waals surface area contributed by atoms with E-state index >= 15 is 0 Å². The maximum absolute atomic E-state index is 12.0. The van der Waals surface area contributed by atoms with Crippen LogP contribution < -0.4 is 0 Å². The van der Waals surface area contributed by atoms with Gasteiger partial charge in [0.2, 0.25) is 0 Å². The molecule has 1 aliphatic rings. The molecular weight excluding hydrogens is 270 g/mol. The predicted molar refractivity (Wildman–Crippen MR) is 70.1 cm³/mol. The van der Waals surface area contributed by atoms with E-state index in [4.69, 9.17) is 4.74 Å². The summed E-state index contributed by atoms with van der Waals surface area (Å²) in [6.45, 7) is 4.81. The fourth-order valence-electron chi connectivity index (χ4n) is 1.82. The third-order valence-corrected chi connectivity index (χ3v) is 3.66. The molecule has 0 bridgehead atoms. The molecule has 1 heterocycles. The van der Waals surface area contributed by atoms with Crippen LogP contribution in [0.1, 0.15) is 20.8 Å². The van der Waals surface area contributed by atoms with E-state index in [1.165, 1.54) is 26.0 Å². The summed E-state index contributed by atoms with van der Waals surface area (Å²) < 4.78 is 9.72. The van der Waals surface area contributed by atoms with Crippen LogP contribution in [-0.2, 0) is 23.9 Å². The third kappa shape index (κ3) is 2.98. The molecule has 1 fully saturated rings. The second-order valence-electron chi connectivity index (χ2n) is 4.20. The molecule has 19 heavy (non-hydrogen) atoms. The van der Waals surface area contributed by atoms with E-state index in [1.54, 1.807) is 13.8 Å². The van der Waals surface area contributed by atoms with Crippen molar-refractivity contribution in [2.45, 2.75) is 32.2 Å². The Morgan fingerprint density at radius 3 is 2.16 bits per heavy atom. The lowest BCUT2D eigenvalue weighted by molar-refractivity contribution is -0.162. The van der Waals surface area contributed by atoms with Gasteiger partial charge in [-0.25, -0.2) is 4.79 Å². The molecule has 6 nitrogen and oxygen atoms in total. The Bertz CT molecular complexity index is 441. The molecule has 0 saturated carbocycles. The summed E-state index contributed by atoms with van der Waals surface area (Å²) in [5.74, 6) is -0.945. The van der Waals surface area contributed by atoms with Crippen molar-refractivity contribution < 1.29 is 23.9 Å². The number of carbonyl (C=O) groups is 3. The smallest absolute Gasteiger partial charge is 0.354 e. The average molecular weight is 287 g/mol. The van der Waals surface area contributed by atoms with E-state index in [1.807, 2.05) is 0 Å². The SMILES string of the molecule is COC(=O)C(=C(C)C)N1C(=O)C(OC)C1SC(C)=O. The molecule has 106 valence electrons. The molecule has 1 saturated heterocycles. The minimum atomic E-state index is -0.715. The zero-order valence-electron chi connectivity index (χ0n) is 11.6. The van der Waals surface area contributed by atoms with Crippen molar-refractivity contribution in [2.75, 3.05) is 14.2 Å². The van der Waals surface area contributed by atoms with Crippen LogP contribution in [-0.4, -0.2) is 47.6 Å². The first-order valence-electron chi connectivity index (χ1n) is 5.64. The quantitative estimate of drug-likeness (QED) is 0.435. The number of ether oxygens (including phenoxy) is 2. The van der Waals surface area contributed by atoms with Gasteiger partial charge in [0.15, 0.2) is 11.2 Å². The lowest BCUT2D eigenvalue weighted by Gasteiger charge is -2.45. The number of hydrogen-bond donors (Lipinski definition) is 0. The van der Waals surface area contributed by atoms with Gasteiger partial charge in [-0.2, -0.15) is 0 Å². The van der Waals surface area contributed by atoms with Gasteiger partial charge < -0.3 is 9.47 Å². The summed E-state index contributed by atoms with van der Waals surface area (Å²) in [5, 5.41) is -0.679. The highest BCUT2D eigenvalue weighted by molar-refractivity contribution is 8.14. The molecule has 0 aromatic heterocycles. The van der Waals surface area contributed by atoms with Gasteiger partial charge in [0.25, 0.3) is 5.91 Å². The van der Waals surface area contributed by atoms with Crippen LogP contribution in [0.5, 0.6) is 0 Å². The molecule has 1 amide bonds. The summed E-state index contributed by atoms with van der Waals surface area (Å²) in [5.41, 5.74) is 0.809. The number of amides is 1. The summed E-state index contributed by atoms with van der Waals surface area (Å²) in [4.78, 5) is 36.2. The van der Waals surface area contributed by atoms with E-state index < -0.39 is 17.4 Å². The van der Waals surface area contributed by atoms with Crippen LogP contribution in [0.4, 0.5) is 0 Å². The molecule has 0 radical (unpaired) electrons. The van der Waals surface area contributed by atoms with Crippen molar-refractivity contribution in [1.29, 1.82) is 0 Å². The fraction of sp³-hybridized carbons (Fsp3) is 0.583. The number of likely N-dealkylation sites (tertiary alicyclic amines) is 1. The number of β-lactam (4-membered cyclic amide) rings is 1. The van der Waals surface area contributed by atoms with Gasteiger partial charge in [-0.05, 0) is 19.4 Å². The number of esters is 1. The first-order valence-corrected chi connectivity index (χ1v) is 6.52. The van der Waals surface area contributed by atoms with Crippen LogP contribution >= 0.6 is 11.8 Å². The summed E-state index contributed by atoms with van der Waals surface area (Å²) >= 11 is 0.959. The summed E-state index contributed by atoms with van der Waals surface area (Å²) in [6.07, 6.45) is -0.715. The van der Waals surface area contributed by atoms with Crippen LogP contribution in [0.2, 0.25) is 0 Å². The standard InChI is InChI=1S/C12H17NO5S/c1-6(2)8(12(16)18-5)13-10(15)9(17-4)11(13)19-7(3)14/h9,11H,1-5H3. The van der Waals surface area contributed by atoms with Gasteiger partial charge in [0.05, 0.1) is 7.11 Å². The second kappa shape index (κ2) is 6.21. The Balaban J connectivity index is 3.08. The number of allylic oxidation sites excluding steroid dienone is 1. The van der Waals surface area contributed by atoms with Crippen molar-refractivity contribution in [1.82, 2.24) is 4.90 Å². The zero-order valence-corrected chi connectivity index (χ0v) is 12.4. The van der Waals surface area contributed by atoms with Crippen LogP contribution in [0.15, 0.2) is 11.3 Å². The van der Waals surface area contributed by atoms with Gasteiger partial charge in [-0.1, -0.05) is 11.8 Å². The minimum absolute atomic E-state index is 0.150. The largest absolute Gasteiger partial charge is 0.464 e. The number of thioether (sulfide) groups is 1. The number of rotatable bonds is 4. The van der Waals surface area contributed by atoms with Crippen LogP contribution in [0.3, 0.4) is 0 Å². The highest BCUT2D eigenvalue weighted by atomic mass is 32.2. The molecule has 2 atom stereocenters. The first kappa shape index (κ1) is 15.7. The summed E-state index contributed by atoms with van der Waals surface area (Å²) in [7, 11) is 2.64. The number of methoxy groups -OCH3 is 2. The van der Waals surface area contributed by atoms with Gasteiger partial charge in [-0.3, -0.25) is 14.5 Å². The monoisotopic (exact) mass is 287 g/mol. The molecule has 0 aromatic carbocycles. The minimum Gasteiger partial charge on any atom is -0.464 e. The van der Waals surface area contributed by atoms with E-state index in [9.17, 15) is 14.4 Å². The van der Waals surface area contributed by atoms with Crippen LogP contribution in [0.25, 0.3) is 0 Å². The molecule has 2 unspecified atom stereocenters. The zero-order chi connectivity index (χ0) is 14.7. The molecule has 1 rings (SSSR count).